The first-order valence-electron chi connectivity index (χ1n) is 2.90. The monoisotopic (exact) mass is 127 g/mol. The molecule has 0 aromatic heterocycles. The van der Waals surface area contributed by atoms with Crippen molar-refractivity contribution in [1.82, 2.24) is 0 Å². The number of hydrogen-bond donors (Lipinski definition) is 0. The Balaban J connectivity index is 2.25. The SMILES string of the molecule is CC1CC(N=C=S)C1. The molecule has 0 aromatic rings. The van der Waals surface area contributed by atoms with Crippen molar-refractivity contribution < 1.29 is 0 Å². The fourth-order valence-electron chi connectivity index (χ4n) is 1.04. The van der Waals surface area contributed by atoms with Gasteiger partial charge in [-0.05, 0) is 31.0 Å². The van der Waals surface area contributed by atoms with E-state index >= 15 is 0 Å². The lowest BCUT2D eigenvalue weighted by atomic mass is 9.82. The van der Waals surface area contributed by atoms with E-state index in [4.69, 9.17) is 0 Å². The van der Waals surface area contributed by atoms with Gasteiger partial charge in [0.25, 0.3) is 0 Å². The van der Waals surface area contributed by atoms with Crippen LogP contribution in [0.25, 0.3) is 0 Å². The molecule has 1 rings (SSSR count). The van der Waals surface area contributed by atoms with Crippen LogP contribution in [0.3, 0.4) is 0 Å². The minimum atomic E-state index is 0.516. The maximum Gasteiger partial charge on any atom is 0.0607 e. The summed E-state index contributed by atoms with van der Waals surface area (Å²) in [4.78, 5) is 3.95. The van der Waals surface area contributed by atoms with Crippen LogP contribution in [0.1, 0.15) is 19.8 Å². The number of hydrogen-bond acceptors (Lipinski definition) is 2. The van der Waals surface area contributed by atoms with Crippen molar-refractivity contribution in [2.24, 2.45) is 10.9 Å². The Morgan fingerprint density at radius 3 is 2.62 bits per heavy atom. The van der Waals surface area contributed by atoms with Crippen molar-refractivity contribution >= 4 is 17.4 Å². The highest BCUT2D eigenvalue weighted by Crippen LogP contribution is 2.28. The Hall–Kier alpha value is -0.200. The molecule has 0 amide bonds. The third-order valence-electron chi connectivity index (χ3n) is 1.58. The van der Waals surface area contributed by atoms with Crippen molar-refractivity contribution in [1.29, 1.82) is 0 Å². The van der Waals surface area contributed by atoms with E-state index in [-0.39, 0.29) is 0 Å². The summed E-state index contributed by atoms with van der Waals surface area (Å²) in [5.41, 5.74) is 0. The van der Waals surface area contributed by atoms with Crippen LogP contribution in [-0.4, -0.2) is 11.2 Å². The quantitative estimate of drug-likeness (QED) is 0.387. The zero-order valence-corrected chi connectivity index (χ0v) is 5.74. The van der Waals surface area contributed by atoms with Crippen LogP contribution in [0.5, 0.6) is 0 Å². The van der Waals surface area contributed by atoms with Gasteiger partial charge in [0.15, 0.2) is 0 Å². The van der Waals surface area contributed by atoms with Gasteiger partial charge in [-0.15, -0.1) is 0 Å². The van der Waals surface area contributed by atoms with Gasteiger partial charge < -0.3 is 0 Å². The fraction of sp³-hybridized carbons (Fsp3) is 0.833. The van der Waals surface area contributed by atoms with E-state index in [1.54, 1.807) is 0 Å². The molecule has 0 N–H and O–H groups in total. The molecular formula is C6H9NS. The molecule has 2 heteroatoms. The summed E-state index contributed by atoms with van der Waals surface area (Å²) in [5.74, 6) is 0.868. The molecule has 0 saturated heterocycles. The first-order valence-corrected chi connectivity index (χ1v) is 3.30. The average Bonchev–Trinajstić information content (AvgIpc) is 1.64. The molecule has 1 aliphatic rings. The highest BCUT2D eigenvalue weighted by molar-refractivity contribution is 7.78. The van der Waals surface area contributed by atoms with E-state index in [9.17, 15) is 0 Å². The molecule has 0 aromatic carbocycles. The molecular weight excluding hydrogens is 118 g/mol. The molecule has 1 fully saturated rings. The Morgan fingerprint density at radius 1 is 1.62 bits per heavy atom. The van der Waals surface area contributed by atoms with Gasteiger partial charge in [0, 0.05) is 0 Å². The molecule has 0 atom stereocenters. The van der Waals surface area contributed by atoms with Crippen molar-refractivity contribution in [3.63, 3.8) is 0 Å². The zero-order valence-electron chi connectivity index (χ0n) is 4.92. The molecule has 0 unspecified atom stereocenters. The summed E-state index contributed by atoms with van der Waals surface area (Å²) >= 11 is 4.45. The Labute approximate surface area is 54.8 Å². The lowest BCUT2D eigenvalue weighted by Gasteiger charge is -2.27. The summed E-state index contributed by atoms with van der Waals surface area (Å²) in [6.07, 6.45) is 2.42. The van der Waals surface area contributed by atoms with Gasteiger partial charge in [-0.3, -0.25) is 0 Å². The van der Waals surface area contributed by atoms with Crippen LogP contribution in [0.4, 0.5) is 0 Å². The zero-order chi connectivity index (χ0) is 5.98. The second kappa shape index (κ2) is 2.38. The molecule has 0 bridgehead atoms. The first-order chi connectivity index (χ1) is 3.83. The van der Waals surface area contributed by atoms with E-state index in [2.05, 4.69) is 29.3 Å². The van der Waals surface area contributed by atoms with Gasteiger partial charge in [-0.25, -0.2) is 4.99 Å². The Kier molecular flexibility index (Phi) is 1.77. The summed E-state index contributed by atoms with van der Waals surface area (Å²) in [5, 5.41) is 2.40. The minimum Gasteiger partial charge on any atom is -0.229 e. The van der Waals surface area contributed by atoms with E-state index < -0.39 is 0 Å². The number of aliphatic imine (C=N–C) groups is 1. The van der Waals surface area contributed by atoms with Crippen LogP contribution in [0.15, 0.2) is 4.99 Å². The molecule has 1 aliphatic carbocycles. The molecule has 0 spiro atoms. The number of isothiocyanates is 1. The highest BCUT2D eigenvalue weighted by Gasteiger charge is 2.23. The van der Waals surface area contributed by atoms with E-state index in [0.717, 1.165) is 5.92 Å². The first kappa shape index (κ1) is 5.93. The second-order valence-electron chi connectivity index (χ2n) is 2.45. The van der Waals surface area contributed by atoms with Gasteiger partial charge in [0.1, 0.15) is 0 Å². The standard InChI is InChI=1S/C6H9NS/c1-5-2-6(3-5)7-4-8/h5-6H,2-3H2,1H3. The summed E-state index contributed by atoms with van der Waals surface area (Å²) in [6, 6.07) is 0.516. The fourth-order valence-corrected chi connectivity index (χ4v) is 1.19. The predicted octanol–water partition coefficient (Wildman–Crippen LogP) is 1.89. The van der Waals surface area contributed by atoms with Gasteiger partial charge in [0.05, 0.1) is 11.2 Å². The van der Waals surface area contributed by atoms with Crippen LogP contribution < -0.4 is 0 Å². The summed E-state index contributed by atoms with van der Waals surface area (Å²) in [7, 11) is 0. The van der Waals surface area contributed by atoms with E-state index in [1.165, 1.54) is 12.8 Å². The van der Waals surface area contributed by atoms with Crippen LogP contribution in [0, 0.1) is 5.92 Å². The largest absolute Gasteiger partial charge is 0.229 e. The minimum absolute atomic E-state index is 0.516. The molecule has 0 radical (unpaired) electrons. The van der Waals surface area contributed by atoms with Crippen LogP contribution >= 0.6 is 12.2 Å². The van der Waals surface area contributed by atoms with E-state index in [0.29, 0.717) is 6.04 Å². The summed E-state index contributed by atoms with van der Waals surface area (Å²) in [6.45, 7) is 2.23. The lowest BCUT2D eigenvalue weighted by molar-refractivity contribution is 0.293. The van der Waals surface area contributed by atoms with Gasteiger partial charge in [-0.1, -0.05) is 6.92 Å². The molecule has 0 heterocycles. The van der Waals surface area contributed by atoms with Crippen LogP contribution in [0.2, 0.25) is 0 Å². The van der Waals surface area contributed by atoms with Crippen molar-refractivity contribution in [2.75, 3.05) is 0 Å². The topological polar surface area (TPSA) is 12.4 Å². The van der Waals surface area contributed by atoms with Crippen molar-refractivity contribution in [2.45, 2.75) is 25.8 Å². The Morgan fingerprint density at radius 2 is 2.25 bits per heavy atom. The third kappa shape index (κ3) is 1.15. The molecule has 44 valence electrons. The second-order valence-corrected chi connectivity index (χ2v) is 2.63. The maximum absolute atomic E-state index is 4.45. The van der Waals surface area contributed by atoms with Crippen LogP contribution in [-0.2, 0) is 0 Å². The average molecular weight is 127 g/mol. The van der Waals surface area contributed by atoms with Gasteiger partial charge >= 0.3 is 0 Å². The van der Waals surface area contributed by atoms with E-state index in [1.807, 2.05) is 0 Å². The number of nitrogens with zero attached hydrogens (tertiary/aromatic N) is 1. The molecule has 0 aliphatic heterocycles. The molecule has 1 saturated carbocycles. The number of thiocarbonyl (C=S) groups is 1. The maximum atomic E-state index is 4.45. The van der Waals surface area contributed by atoms with Gasteiger partial charge in [-0.2, -0.15) is 0 Å². The lowest BCUT2D eigenvalue weighted by Crippen LogP contribution is -2.23. The predicted molar refractivity (Wildman–Crippen MR) is 37.2 cm³/mol. The third-order valence-corrected chi connectivity index (χ3v) is 1.69. The van der Waals surface area contributed by atoms with Gasteiger partial charge in [0.2, 0.25) is 0 Å². The normalized spacial score (nSPS) is 35.1. The highest BCUT2D eigenvalue weighted by atomic mass is 32.1. The summed E-state index contributed by atoms with van der Waals surface area (Å²) < 4.78 is 0. The molecule has 8 heavy (non-hydrogen) atoms. The Bertz CT molecular complexity index is 120. The van der Waals surface area contributed by atoms with Crippen molar-refractivity contribution in [3.8, 4) is 0 Å². The number of rotatable bonds is 1. The smallest absolute Gasteiger partial charge is 0.0607 e. The van der Waals surface area contributed by atoms with Crippen molar-refractivity contribution in [3.05, 3.63) is 0 Å². The molecule has 1 nitrogen and oxygen atoms in total.